The molecule has 0 bridgehead atoms. The zero-order valence-corrected chi connectivity index (χ0v) is 12.1. The SMILES string of the molecule is O=C(Cl)c1cccc(Oc2c(F)cc(C(F)(F)F)cc2Cl)c1. The Balaban J connectivity index is 2.38. The molecule has 8 heteroatoms. The summed E-state index contributed by atoms with van der Waals surface area (Å²) in [5.41, 5.74) is -1.14. The smallest absolute Gasteiger partial charge is 0.416 e. The first kappa shape index (κ1) is 16.6. The number of hydrogen-bond acceptors (Lipinski definition) is 2. The first-order valence-corrected chi connectivity index (χ1v) is 6.48. The molecule has 2 aromatic carbocycles. The van der Waals surface area contributed by atoms with E-state index >= 15 is 0 Å². The van der Waals surface area contributed by atoms with Gasteiger partial charge in [0, 0.05) is 5.56 Å². The van der Waals surface area contributed by atoms with Gasteiger partial charge >= 0.3 is 6.18 Å². The Bertz CT molecular complexity index is 706. The Kier molecular flexibility index (Phi) is 4.63. The molecule has 22 heavy (non-hydrogen) atoms. The van der Waals surface area contributed by atoms with Crippen molar-refractivity contribution in [3.8, 4) is 11.5 Å². The van der Waals surface area contributed by atoms with Crippen LogP contribution in [-0.4, -0.2) is 5.24 Å². The summed E-state index contributed by atoms with van der Waals surface area (Å²) in [4.78, 5) is 11.0. The quantitative estimate of drug-likeness (QED) is 0.525. The van der Waals surface area contributed by atoms with Crippen molar-refractivity contribution >= 4 is 28.4 Å². The number of carbonyl (C=O) groups excluding carboxylic acids is 1. The number of hydrogen-bond donors (Lipinski definition) is 0. The number of carbonyl (C=O) groups is 1. The van der Waals surface area contributed by atoms with Crippen molar-refractivity contribution in [1.29, 1.82) is 0 Å². The van der Waals surface area contributed by atoms with Gasteiger partial charge < -0.3 is 4.74 Å². The first-order chi connectivity index (χ1) is 10.2. The van der Waals surface area contributed by atoms with Gasteiger partial charge in [0.2, 0.25) is 0 Å². The monoisotopic (exact) mass is 352 g/mol. The van der Waals surface area contributed by atoms with Crippen LogP contribution in [0.25, 0.3) is 0 Å². The fourth-order valence-electron chi connectivity index (χ4n) is 1.62. The number of rotatable bonds is 3. The molecule has 0 unspecified atom stereocenters. The Labute approximate surface area is 132 Å². The topological polar surface area (TPSA) is 26.3 Å². The third-order valence-electron chi connectivity index (χ3n) is 2.61. The Morgan fingerprint density at radius 3 is 2.36 bits per heavy atom. The van der Waals surface area contributed by atoms with Crippen LogP contribution in [0, 0.1) is 5.82 Å². The van der Waals surface area contributed by atoms with E-state index in [1.165, 1.54) is 24.3 Å². The van der Waals surface area contributed by atoms with Crippen LogP contribution in [-0.2, 0) is 6.18 Å². The van der Waals surface area contributed by atoms with Gasteiger partial charge in [0.1, 0.15) is 5.75 Å². The molecule has 2 nitrogen and oxygen atoms in total. The van der Waals surface area contributed by atoms with Gasteiger partial charge in [0.25, 0.3) is 5.24 Å². The van der Waals surface area contributed by atoms with E-state index in [2.05, 4.69) is 0 Å². The largest absolute Gasteiger partial charge is 0.453 e. The summed E-state index contributed by atoms with van der Waals surface area (Å²) in [6.45, 7) is 0. The Hall–Kier alpha value is -1.79. The maximum atomic E-state index is 13.8. The molecule has 0 atom stereocenters. The first-order valence-electron chi connectivity index (χ1n) is 5.72. The van der Waals surface area contributed by atoms with Crippen LogP contribution in [0.2, 0.25) is 5.02 Å². The fraction of sp³-hybridized carbons (Fsp3) is 0.0714. The average Bonchev–Trinajstić information content (AvgIpc) is 2.42. The van der Waals surface area contributed by atoms with Crippen molar-refractivity contribution in [2.24, 2.45) is 0 Å². The number of benzene rings is 2. The standard InChI is InChI=1S/C14H6Cl2F4O2/c15-10-5-8(14(18,19)20)6-11(17)12(10)22-9-3-1-2-7(4-9)13(16)21/h1-6H. The molecule has 0 N–H and O–H groups in total. The predicted octanol–water partition coefficient (Wildman–Crippen LogP) is 5.67. The minimum atomic E-state index is -4.73. The summed E-state index contributed by atoms with van der Waals surface area (Å²) in [5, 5.41) is -1.31. The molecule has 0 amide bonds. The van der Waals surface area contributed by atoms with Crippen molar-refractivity contribution in [3.05, 3.63) is 58.4 Å². The lowest BCUT2D eigenvalue weighted by Crippen LogP contribution is -2.06. The Morgan fingerprint density at radius 1 is 1.14 bits per heavy atom. The molecular formula is C14H6Cl2F4O2. The van der Waals surface area contributed by atoms with E-state index in [9.17, 15) is 22.4 Å². The van der Waals surface area contributed by atoms with Gasteiger partial charge in [-0.25, -0.2) is 4.39 Å². The summed E-state index contributed by atoms with van der Waals surface area (Å²) in [7, 11) is 0. The van der Waals surface area contributed by atoms with E-state index < -0.39 is 33.6 Å². The summed E-state index contributed by atoms with van der Waals surface area (Å²) in [5.74, 6) is -1.84. The van der Waals surface area contributed by atoms with Crippen molar-refractivity contribution in [3.63, 3.8) is 0 Å². The van der Waals surface area contributed by atoms with Gasteiger partial charge in [-0.3, -0.25) is 4.79 Å². The zero-order valence-electron chi connectivity index (χ0n) is 10.5. The Morgan fingerprint density at radius 2 is 1.82 bits per heavy atom. The van der Waals surface area contributed by atoms with E-state index in [4.69, 9.17) is 27.9 Å². The minimum Gasteiger partial charge on any atom is -0.453 e. The van der Waals surface area contributed by atoms with Crippen molar-refractivity contribution in [2.45, 2.75) is 6.18 Å². The summed E-state index contributed by atoms with van der Waals surface area (Å²) in [6, 6.07) is 6.22. The second-order valence-corrected chi connectivity index (χ2v) is 4.92. The van der Waals surface area contributed by atoms with E-state index in [0.29, 0.717) is 6.07 Å². The lowest BCUT2D eigenvalue weighted by Gasteiger charge is -2.12. The van der Waals surface area contributed by atoms with Crippen LogP contribution in [0.5, 0.6) is 11.5 Å². The van der Waals surface area contributed by atoms with E-state index in [0.717, 1.165) is 0 Å². The second kappa shape index (κ2) is 6.14. The summed E-state index contributed by atoms with van der Waals surface area (Å²) in [6.07, 6.45) is -4.73. The number of halogens is 6. The highest BCUT2D eigenvalue weighted by molar-refractivity contribution is 6.67. The molecule has 0 aliphatic rings. The van der Waals surface area contributed by atoms with Crippen molar-refractivity contribution < 1.29 is 27.1 Å². The molecule has 2 aromatic rings. The highest BCUT2D eigenvalue weighted by Gasteiger charge is 2.32. The van der Waals surface area contributed by atoms with Gasteiger partial charge in [-0.05, 0) is 41.9 Å². The molecule has 0 heterocycles. The third-order valence-corrected chi connectivity index (χ3v) is 3.11. The van der Waals surface area contributed by atoms with Crippen LogP contribution >= 0.6 is 23.2 Å². The van der Waals surface area contributed by atoms with Gasteiger partial charge in [-0.1, -0.05) is 17.7 Å². The maximum absolute atomic E-state index is 13.8. The maximum Gasteiger partial charge on any atom is 0.416 e. The molecule has 0 aliphatic heterocycles. The normalized spacial score (nSPS) is 11.4. The molecule has 0 saturated heterocycles. The van der Waals surface area contributed by atoms with E-state index in [1.54, 1.807) is 0 Å². The molecule has 0 saturated carbocycles. The van der Waals surface area contributed by atoms with Gasteiger partial charge in [0.05, 0.1) is 10.6 Å². The van der Waals surface area contributed by atoms with Crippen LogP contribution in [0.3, 0.4) is 0 Å². The molecule has 0 aromatic heterocycles. The van der Waals surface area contributed by atoms with Crippen LogP contribution in [0.4, 0.5) is 17.6 Å². The third kappa shape index (κ3) is 3.69. The molecule has 0 aliphatic carbocycles. The highest BCUT2D eigenvalue weighted by Crippen LogP contribution is 2.38. The van der Waals surface area contributed by atoms with Crippen LogP contribution in [0.1, 0.15) is 15.9 Å². The summed E-state index contributed by atoms with van der Waals surface area (Å²) >= 11 is 10.9. The number of ether oxygens (including phenoxy) is 1. The van der Waals surface area contributed by atoms with Crippen LogP contribution < -0.4 is 4.74 Å². The fourth-order valence-corrected chi connectivity index (χ4v) is 1.98. The second-order valence-electron chi connectivity index (χ2n) is 4.17. The molecule has 0 fully saturated rings. The average molecular weight is 353 g/mol. The molecule has 2 rings (SSSR count). The molecule has 116 valence electrons. The minimum absolute atomic E-state index is 0.00654. The van der Waals surface area contributed by atoms with Gasteiger partial charge in [-0.2, -0.15) is 13.2 Å². The van der Waals surface area contributed by atoms with Crippen molar-refractivity contribution in [1.82, 2.24) is 0 Å². The summed E-state index contributed by atoms with van der Waals surface area (Å²) < 4.78 is 56.5. The predicted molar refractivity (Wildman–Crippen MR) is 73.1 cm³/mol. The highest BCUT2D eigenvalue weighted by atomic mass is 35.5. The molecule has 0 radical (unpaired) electrons. The van der Waals surface area contributed by atoms with E-state index in [-0.39, 0.29) is 17.4 Å². The lowest BCUT2D eigenvalue weighted by atomic mass is 10.2. The van der Waals surface area contributed by atoms with Gasteiger partial charge in [0.15, 0.2) is 11.6 Å². The molecule has 0 spiro atoms. The molecular weight excluding hydrogens is 347 g/mol. The lowest BCUT2D eigenvalue weighted by molar-refractivity contribution is -0.137. The van der Waals surface area contributed by atoms with E-state index in [1.807, 2.05) is 0 Å². The number of alkyl halides is 3. The van der Waals surface area contributed by atoms with Gasteiger partial charge in [-0.15, -0.1) is 0 Å². The van der Waals surface area contributed by atoms with Crippen molar-refractivity contribution in [2.75, 3.05) is 0 Å². The van der Waals surface area contributed by atoms with Crippen LogP contribution in [0.15, 0.2) is 36.4 Å². The zero-order chi connectivity index (χ0) is 16.5.